The summed E-state index contributed by atoms with van der Waals surface area (Å²) in [6.45, 7) is -0.0000889. The fourth-order valence-corrected chi connectivity index (χ4v) is 5.64. The normalized spacial score (nSPS) is 11.2. The highest BCUT2D eigenvalue weighted by molar-refractivity contribution is 9.10. The molecule has 3 heterocycles. The number of carbonyl (C=O) groups excluding carboxylic acids is 2. The molecule has 0 aliphatic carbocycles. The highest BCUT2D eigenvalue weighted by Crippen LogP contribution is 2.42. The quantitative estimate of drug-likeness (QED) is 0.193. The van der Waals surface area contributed by atoms with E-state index in [4.69, 9.17) is 22.1 Å². The Balaban J connectivity index is 1.48. The number of halogens is 4. The molecule has 2 amide bonds. The van der Waals surface area contributed by atoms with Crippen LogP contribution < -0.4 is 15.8 Å². The van der Waals surface area contributed by atoms with Gasteiger partial charge in [0.15, 0.2) is 12.4 Å². The van der Waals surface area contributed by atoms with Crippen LogP contribution in [0.15, 0.2) is 71.3 Å². The number of rotatable bonds is 8. The first kappa shape index (κ1) is 26.7. The summed E-state index contributed by atoms with van der Waals surface area (Å²) in [6.07, 6.45) is -1.29. The van der Waals surface area contributed by atoms with Gasteiger partial charge in [-0.15, -0.1) is 11.3 Å². The predicted molar refractivity (Wildman–Crippen MR) is 148 cm³/mol. The molecule has 8 nitrogen and oxygen atoms in total. The Morgan fingerprint density at radius 3 is 2.62 bits per heavy atom. The van der Waals surface area contributed by atoms with Crippen molar-refractivity contribution < 1.29 is 23.1 Å². The molecule has 3 aromatic heterocycles. The molecule has 5 aromatic rings. The summed E-state index contributed by atoms with van der Waals surface area (Å²) in [4.78, 5) is 29.7. The van der Waals surface area contributed by atoms with Gasteiger partial charge in [0.25, 0.3) is 18.2 Å². The maximum absolute atomic E-state index is 13.7. The topological polar surface area (TPSA) is 112 Å². The van der Waals surface area contributed by atoms with E-state index >= 15 is 0 Å². The number of nitrogens with one attached hydrogen (secondary N) is 1. The number of nitrogens with zero attached hydrogens (tertiary/aromatic N) is 3. The van der Waals surface area contributed by atoms with Crippen molar-refractivity contribution in [3.63, 3.8) is 0 Å². The zero-order valence-corrected chi connectivity index (χ0v) is 22.9. The van der Waals surface area contributed by atoms with Gasteiger partial charge in [0.1, 0.15) is 21.2 Å². The number of carbonyl (C=O) groups is 2. The molecular weight excluding hydrogens is 616 g/mol. The van der Waals surface area contributed by atoms with Crippen LogP contribution in [-0.4, -0.2) is 26.6 Å². The number of ether oxygens (including phenoxy) is 1. The molecule has 0 atom stereocenters. The van der Waals surface area contributed by atoms with E-state index < -0.39 is 23.9 Å². The van der Waals surface area contributed by atoms with Gasteiger partial charge in [-0.05, 0) is 57.4 Å². The van der Waals surface area contributed by atoms with E-state index in [0.29, 0.717) is 31.8 Å². The van der Waals surface area contributed by atoms with Gasteiger partial charge in [-0.2, -0.15) is 5.10 Å². The zero-order chi connectivity index (χ0) is 27.7. The first-order valence-electron chi connectivity index (χ1n) is 11.2. The van der Waals surface area contributed by atoms with Crippen LogP contribution in [0.5, 0.6) is 5.75 Å². The summed E-state index contributed by atoms with van der Waals surface area (Å²) in [5.74, 6) is -0.945. The zero-order valence-electron chi connectivity index (χ0n) is 19.7. The van der Waals surface area contributed by atoms with Crippen molar-refractivity contribution in [1.29, 1.82) is 0 Å². The molecule has 0 fully saturated rings. The third-order valence-corrected chi connectivity index (χ3v) is 7.53. The SMILES string of the molecule is NC(=O)c1sc2nc(C(F)F)cc(-c3ccccc3)c2c1NC(=O)c1ccn(COc2ccc(Cl)cc2Br)n1. The van der Waals surface area contributed by atoms with Gasteiger partial charge in [-0.1, -0.05) is 41.9 Å². The van der Waals surface area contributed by atoms with Crippen LogP contribution in [0.3, 0.4) is 0 Å². The second kappa shape index (κ2) is 11.1. The van der Waals surface area contributed by atoms with E-state index in [9.17, 15) is 18.4 Å². The van der Waals surface area contributed by atoms with E-state index in [2.05, 4.69) is 31.3 Å². The molecule has 0 spiro atoms. The van der Waals surface area contributed by atoms with Crippen LogP contribution in [0.25, 0.3) is 21.3 Å². The van der Waals surface area contributed by atoms with Crippen molar-refractivity contribution in [2.24, 2.45) is 5.73 Å². The lowest BCUT2D eigenvalue weighted by Crippen LogP contribution is -2.18. The molecule has 5 rings (SSSR count). The number of fused-ring (bicyclic) bond motifs is 1. The van der Waals surface area contributed by atoms with Crippen LogP contribution in [0.1, 0.15) is 32.3 Å². The molecule has 13 heteroatoms. The van der Waals surface area contributed by atoms with Crippen molar-refractivity contribution in [3.05, 3.63) is 92.6 Å². The Bertz CT molecular complexity index is 1710. The lowest BCUT2D eigenvalue weighted by atomic mass is 10.0. The van der Waals surface area contributed by atoms with Gasteiger partial charge in [0.2, 0.25) is 0 Å². The predicted octanol–water partition coefficient (Wildman–Crippen LogP) is 6.90. The first-order chi connectivity index (χ1) is 18.7. The lowest BCUT2D eigenvalue weighted by molar-refractivity contribution is 0.100. The number of alkyl halides is 2. The average molecular weight is 633 g/mol. The number of thiophene rings is 1. The number of nitrogens with two attached hydrogens (primary N) is 1. The second-order valence-corrected chi connectivity index (χ2v) is 10.4. The Labute approximate surface area is 237 Å². The number of amides is 2. The van der Waals surface area contributed by atoms with Gasteiger partial charge in [-0.25, -0.2) is 18.4 Å². The van der Waals surface area contributed by atoms with E-state index in [-0.39, 0.29) is 27.8 Å². The number of pyridine rings is 1. The molecule has 0 aliphatic heterocycles. The molecule has 0 bridgehead atoms. The maximum atomic E-state index is 13.7. The number of benzene rings is 2. The molecule has 0 aliphatic rings. The molecule has 0 saturated heterocycles. The largest absolute Gasteiger partial charge is 0.470 e. The summed E-state index contributed by atoms with van der Waals surface area (Å²) in [5, 5.41) is 7.80. The summed E-state index contributed by atoms with van der Waals surface area (Å²) in [7, 11) is 0. The molecule has 3 N–H and O–H groups in total. The standard InChI is InChI=1S/C26H17BrClF2N5O3S/c27-16-10-14(28)6-7-19(16)38-12-35-9-8-17(34-35)25(37)33-21-20-15(13-4-2-1-3-5-13)11-18(23(29)30)32-26(20)39-22(21)24(31)36/h1-11,23H,12H2,(H2,31,36)(H,33,37). The molecule has 0 saturated carbocycles. The smallest absolute Gasteiger partial charge is 0.280 e. The Kier molecular flexibility index (Phi) is 7.60. The Hall–Kier alpha value is -3.87. The van der Waals surface area contributed by atoms with Gasteiger partial charge < -0.3 is 15.8 Å². The lowest BCUT2D eigenvalue weighted by Gasteiger charge is -2.10. The third kappa shape index (κ3) is 5.63. The van der Waals surface area contributed by atoms with Gasteiger partial charge >= 0.3 is 0 Å². The van der Waals surface area contributed by atoms with Gasteiger partial charge in [0.05, 0.1) is 10.2 Å². The first-order valence-corrected chi connectivity index (χ1v) is 13.2. The fourth-order valence-electron chi connectivity index (χ4n) is 3.83. The van der Waals surface area contributed by atoms with Crippen molar-refractivity contribution in [1.82, 2.24) is 14.8 Å². The number of primary amides is 1. The average Bonchev–Trinajstić information content (AvgIpc) is 3.53. The molecular formula is C26H17BrClF2N5O3S. The van der Waals surface area contributed by atoms with Crippen LogP contribution >= 0.6 is 38.9 Å². The third-order valence-electron chi connectivity index (χ3n) is 5.57. The maximum Gasteiger partial charge on any atom is 0.280 e. The Morgan fingerprint density at radius 1 is 1.15 bits per heavy atom. The number of hydrogen-bond acceptors (Lipinski definition) is 6. The van der Waals surface area contributed by atoms with Gasteiger partial charge in [0, 0.05) is 16.6 Å². The number of anilines is 1. The summed E-state index contributed by atoms with van der Waals surface area (Å²) in [5.41, 5.74) is 6.23. The minimum absolute atomic E-state index is 0.0000889. The minimum atomic E-state index is -2.84. The fraction of sp³-hybridized carbons (Fsp3) is 0.0769. The molecule has 0 unspecified atom stereocenters. The van der Waals surface area contributed by atoms with E-state index in [1.807, 2.05) is 0 Å². The molecule has 39 heavy (non-hydrogen) atoms. The highest BCUT2D eigenvalue weighted by Gasteiger charge is 2.25. The van der Waals surface area contributed by atoms with Crippen molar-refractivity contribution >= 4 is 66.6 Å². The van der Waals surface area contributed by atoms with E-state index in [1.165, 1.54) is 16.8 Å². The van der Waals surface area contributed by atoms with Crippen LogP contribution in [0, 0.1) is 0 Å². The van der Waals surface area contributed by atoms with Gasteiger partial charge in [-0.3, -0.25) is 9.59 Å². The minimum Gasteiger partial charge on any atom is -0.470 e. The van der Waals surface area contributed by atoms with Crippen molar-refractivity contribution in [3.8, 4) is 16.9 Å². The second-order valence-electron chi connectivity index (χ2n) is 8.15. The van der Waals surface area contributed by atoms with E-state index in [1.54, 1.807) is 54.7 Å². The molecule has 198 valence electrons. The number of hydrogen-bond donors (Lipinski definition) is 2. The molecule has 2 aromatic carbocycles. The highest BCUT2D eigenvalue weighted by atomic mass is 79.9. The van der Waals surface area contributed by atoms with Crippen molar-refractivity contribution in [2.75, 3.05) is 5.32 Å². The van der Waals surface area contributed by atoms with E-state index in [0.717, 1.165) is 11.3 Å². The van der Waals surface area contributed by atoms with Crippen molar-refractivity contribution in [2.45, 2.75) is 13.2 Å². The summed E-state index contributed by atoms with van der Waals surface area (Å²) >= 11 is 10.1. The molecule has 0 radical (unpaired) electrons. The van der Waals surface area contributed by atoms with Crippen LogP contribution in [0.2, 0.25) is 5.02 Å². The monoisotopic (exact) mass is 631 g/mol. The summed E-state index contributed by atoms with van der Waals surface area (Å²) < 4.78 is 35.1. The van der Waals surface area contributed by atoms with Crippen LogP contribution in [-0.2, 0) is 6.73 Å². The summed E-state index contributed by atoms with van der Waals surface area (Å²) in [6, 6.07) is 16.5. The number of aromatic nitrogens is 3. The Morgan fingerprint density at radius 2 is 1.92 bits per heavy atom. The van der Waals surface area contributed by atoms with Crippen LogP contribution in [0.4, 0.5) is 14.5 Å².